The lowest BCUT2D eigenvalue weighted by Crippen LogP contribution is -2.32. The lowest BCUT2D eigenvalue weighted by atomic mass is 10.1. The van der Waals surface area contributed by atoms with Crippen LogP contribution in [0.2, 0.25) is 0 Å². The largest absolute Gasteiger partial charge is 0.482 e. The number of thioether (sulfide) groups is 1. The molecule has 0 bridgehead atoms. The first-order chi connectivity index (χ1) is 18.3. The Balaban J connectivity index is 1.28. The molecule has 3 N–H and O–H groups in total. The predicted molar refractivity (Wildman–Crippen MR) is 133 cm³/mol. The lowest BCUT2D eigenvalue weighted by Gasteiger charge is -2.18. The van der Waals surface area contributed by atoms with E-state index in [1.165, 1.54) is 24.9 Å². The smallest absolute Gasteiger partial charge is 0.344 e. The van der Waals surface area contributed by atoms with E-state index >= 15 is 0 Å². The third kappa shape index (κ3) is 5.16. The zero-order valence-electron chi connectivity index (χ0n) is 19.9. The fourth-order valence-corrected chi connectivity index (χ4v) is 4.99. The van der Waals surface area contributed by atoms with Crippen molar-refractivity contribution < 1.29 is 33.0 Å². The number of rotatable bonds is 7. The van der Waals surface area contributed by atoms with Gasteiger partial charge in [0, 0.05) is 24.4 Å². The molecule has 0 spiro atoms. The Hall–Kier alpha value is -4.46. The van der Waals surface area contributed by atoms with Crippen LogP contribution in [-0.2, 0) is 20.9 Å². The van der Waals surface area contributed by atoms with Crippen molar-refractivity contribution in [3.63, 3.8) is 0 Å². The molecule has 3 aromatic rings. The summed E-state index contributed by atoms with van der Waals surface area (Å²) in [6, 6.07) is 6.30. The summed E-state index contributed by atoms with van der Waals surface area (Å²) >= 11 is 1.29. The van der Waals surface area contributed by atoms with Crippen molar-refractivity contribution in [1.29, 1.82) is 0 Å². The number of carbonyl (C=O) groups excluding carboxylic acids is 4. The van der Waals surface area contributed by atoms with Gasteiger partial charge in [-0.05, 0) is 24.1 Å². The highest BCUT2D eigenvalue weighted by atomic mass is 32.2. The topological polar surface area (TPSA) is 153 Å². The molecule has 1 unspecified atom stereocenters. The molecule has 12 nitrogen and oxygen atoms in total. The molecule has 0 saturated heterocycles. The first-order valence-electron chi connectivity index (χ1n) is 11.4. The standard InChI is InChI=1S/C24H21FN6O6S/c1-36-24(35)19-5-3-13(38-19)9-27-23(34)17-7-16(30-21-14(25)10-28-31(17)21)22(33)26-8-12-2-4-18-15(6-12)29-20(32)11-37-18/h2,4-7,10,13H,3,8-9,11H2,1H3,(H,26,33)(H,27,34)(H,29,32). The number of allylic oxidation sites excluding steroid dienone is 1. The quantitative estimate of drug-likeness (QED) is 0.378. The van der Waals surface area contributed by atoms with E-state index in [4.69, 9.17) is 9.47 Å². The number of hydrogen-bond acceptors (Lipinski definition) is 9. The summed E-state index contributed by atoms with van der Waals surface area (Å²) < 4.78 is 25.4. The molecule has 2 aliphatic heterocycles. The second-order valence-corrected chi connectivity index (χ2v) is 9.69. The molecule has 1 atom stereocenters. The molecule has 0 aliphatic carbocycles. The fraction of sp³-hybridized carbons (Fsp3) is 0.250. The number of anilines is 1. The highest BCUT2D eigenvalue weighted by Gasteiger charge is 2.25. The van der Waals surface area contributed by atoms with Gasteiger partial charge in [0.1, 0.15) is 17.1 Å². The van der Waals surface area contributed by atoms with Gasteiger partial charge in [0.25, 0.3) is 17.7 Å². The number of carbonyl (C=O) groups is 4. The summed E-state index contributed by atoms with van der Waals surface area (Å²) in [4.78, 5) is 53.6. The molecule has 0 saturated carbocycles. The van der Waals surface area contributed by atoms with Gasteiger partial charge >= 0.3 is 5.97 Å². The number of aromatic nitrogens is 3. The van der Waals surface area contributed by atoms with Gasteiger partial charge < -0.3 is 25.4 Å². The van der Waals surface area contributed by atoms with E-state index in [-0.39, 0.29) is 47.9 Å². The summed E-state index contributed by atoms with van der Waals surface area (Å²) in [5, 5.41) is 11.9. The zero-order valence-corrected chi connectivity index (χ0v) is 20.8. The van der Waals surface area contributed by atoms with Gasteiger partial charge in [-0.2, -0.15) is 5.10 Å². The molecule has 0 fully saturated rings. The number of hydrogen-bond donors (Lipinski definition) is 3. The van der Waals surface area contributed by atoms with Crippen LogP contribution in [0, 0.1) is 5.82 Å². The van der Waals surface area contributed by atoms with Crippen LogP contribution < -0.4 is 20.7 Å². The van der Waals surface area contributed by atoms with E-state index in [9.17, 15) is 23.6 Å². The summed E-state index contributed by atoms with van der Waals surface area (Å²) in [6.07, 6.45) is 3.21. The third-order valence-corrected chi connectivity index (χ3v) is 7.04. The van der Waals surface area contributed by atoms with E-state index in [1.807, 2.05) is 0 Å². The molecule has 0 radical (unpaired) electrons. The first kappa shape index (κ1) is 25.2. The van der Waals surface area contributed by atoms with Crippen LogP contribution in [0.4, 0.5) is 10.1 Å². The Morgan fingerprint density at radius 3 is 2.92 bits per heavy atom. The zero-order chi connectivity index (χ0) is 26.8. The number of nitrogens with zero attached hydrogens (tertiary/aromatic N) is 3. The van der Waals surface area contributed by atoms with Gasteiger partial charge in [0.15, 0.2) is 18.1 Å². The molecule has 196 valence electrons. The van der Waals surface area contributed by atoms with Crippen molar-refractivity contribution in [3.05, 3.63) is 64.2 Å². The Bertz CT molecular complexity index is 1510. The Morgan fingerprint density at radius 2 is 2.11 bits per heavy atom. The van der Waals surface area contributed by atoms with Gasteiger partial charge in [-0.3, -0.25) is 14.4 Å². The number of nitrogens with one attached hydrogen (secondary N) is 3. The van der Waals surface area contributed by atoms with E-state index < -0.39 is 23.6 Å². The number of esters is 1. The third-order valence-electron chi connectivity index (χ3n) is 5.76. The van der Waals surface area contributed by atoms with Gasteiger partial charge in [0.2, 0.25) is 0 Å². The van der Waals surface area contributed by atoms with E-state index in [0.29, 0.717) is 28.3 Å². The fourth-order valence-electron chi connectivity index (χ4n) is 3.90. The van der Waals surface area contributed by atoms with Crippen molar-refractivity contribution in [2.75, 3.05) is 25.6 Å². The van der Waals surface area contributed by atoms with E-state index in [0.717, 1.165) is 10.7 Å². The normalized spacial score (nSPS) is 16.2. The summed E-state index contributed by atoms with van der Waals surface area (Å²) in [6.45, 7) is 0.226. The molecule has 1 aromatic carbocycles. The van der Waals surface area contributed by atoms with Gasteiger partial charge in [0.05, 0.1) is 23.9 Å². The van der Waals surface area contributed by atoms with Crippen molar-refractivity contribution in [1.82, 2.24) is 25.2 Å². The maximum absolute atomic E-state index is 14.4. The number of methoxy groups -OCH3 is 1. The monoisotopic (exact) mass is 540 g/mol. The minimum absolute atomic E-state index is 0.0663. The molecule has 38 heavy (non-hydrogen) atoms. The second-order valence-electron chi connectivity index (χ2n) is 8.35. The average Bonchev–Trinajstić information content (AvgIpc) is 3.56. The maximum atomic E-state index is 14.4. The van der Waals surface area contributed by atoms with E-state index in [1.54, 1.807) is 24.3 Å². The highest BCUT2D eigenvalue weighted by molar-refractivity contribution is 8.04. The van der Waals surface area contributed by atoms with Crippen LogP contribution in [0.15, 0.2) is 41.4 Å². The molecule has 14 heteroatoms. The Morgan fingerprint density at radius 1 is 1.26 bits per heavy atom. The van der Waals surface area contributed by atoms with Crippen molar-refractivity contribution in [2.24, 2.45) is 0 Å². The number of fused-ring (bicyclic) bond motifs is 2. The minimum atomic E-state index is -0.794. The summed E-state index contributed by atoms with van der Waals surface area (Å²) in [5.41, 5.74) is 0.623. The SMILES string of the molecule is COC(=O)C1=CCC(CNC(=O)c2cc(C(=O)NCc3ccc4c(c3)NC(=O)CO4)nc3c(F)cnn23)S1. The molecular weight excluding hydrogens is 519 g/mol. The van der Waals surface area contributed by atoms with Gasteiger partial charge in [-0.1, -0.05) is 12.1 Å². The van der Waals surface area contributed by atoms with Crippen LogP contribution in [0.1, 0.15) is 33.0 Å². The van der Waals surface area contributed by atoms with E-state index in [2.05, 4.69) is 26.0 Å². The Labute approximate surface area is 219 Å². The van der Waals surface area contributed by atoms with Crippen LogP contribution in [0.25, 0.3) is 5.65 Å². The van der Waals surface area contributed by atoms with Crippen molar-refractivity contribution >= 4 is 46.8 Å². The van der Waals surface area contributed by atoms with Crippen LogP contribution in [0.5, 0.6) is 5.75 Å². The van der Waals surface area contributed by atoms with Crippen LogP contribution in [-0.4, -0.2) is 63.8 Å². The number of halogens is 1. The number of ether oxygens (including phenoxy) is 2. The summed E-state index contributed by atoms with van der Waals surface area (Å²) in [5.74, 6) is -2.22. The molecule has 5 rings (SSSR count). The molecule has 2 aromatic heterocycles. The van der Waals surface area contributed by atoms with Gasteiger partial charge in [-0.15, -0.1) is 11.8 Å². The molecule has 2 aliphatic rings. The average molecular weight is 541 g/mol. The van der Waals surface area contributed by atoms with Gasteiger partial charge in [-0.25, -0.2) is 18.7 Å². The Kier molecular flexibility index (Phi) is 6.96. The summed E-state index contributed by atoms with van der Waals surface area (Å²) in [7, 11) is 1.30. The second kappa shape index (κ2) is 10.5. The molecule has 3 amide bonds. The predicted octanol–water partition coefficient (Wildman–Crippen LogP) is 1.42. The van der Waals surface area contributed by atoms with Crippen molar-refractivity contribution in [3.8, 4) is 5.75 Å². The minimum Gasteiger partial charge on any atom is -0.482 e. The molecule has 4 heterocycles. The molecular formula is C24H21FN6O6S. The highest BCUT2D eigenvalue weighted by Crippen LogP contribution is 2.32. The van der Waals surface area contributed by atoms with Crippen LogP contribution >= 0.6 is 11.8 Å². The lowest BCUT2D eigenvalue weighted by molar-refractivity contribution is -0.135. The van der Waals surface area contributed by atoms with Crippen LogP contribution in [0.3, 0.4) is 0 Å². The number of benzene rings is 1. The van der Waals surface area contributed by atoms with Crippen molar-refractivity contribution in [2.45, 2.75) is 18.2 Å². The first-order valence-corrected chi connectivity index (χ1v) is 12.3. The maximum Gasteiger partial charge on any atom is 0.344 e. The number of amides is 3.